The molecule has 1 aromatic carbocycles. The smallest absolute Gasteiger partial charge is 0.407 e. The summed E-state index contributed by atoms with van der Waals surface area (Å²) < 4.78 is 32.4. The molecule has 1 amide bonds. The number of amides is 1. The number of hydrogen-bond acceptors (Lipinski definition) is 5. The first-order valence-corrected chi connectivity index (χ1v) is 8.79. The van der Waals surface area contributed by atoms with E-state index >= 15 is 0 Å². The van der Waals surface area contributed by atoms with Gasteiger partial charge in [-0.2, -0.15) is 8.42 Å². The highest BCUT2D eigenvalue weighted by molar-refractivity contribution is 7.86. The lowest BCUT2D eigenvalue weighted by Crippen LogP contribution is -2.36. The number of rotatable bonds is 5. The molecular weight excluding hydrogens is 322 g/mol. The van der Waals surface area contributed by atoms with Crippen LogP contribution in [0.25, 0.3) is 5.57 Å². The average Bonchev–Trinajstić information content (AvgIpc) is 2.52. The van der Waals surface area contributed by atoms with Crippen LogP contribution in [0.5, 0.6) is 5.75 Å². The van der Waals surface area contributed by atoms with Gasteiger partial charge in [-0.25, -0.2) is 4.79 Å². The van der Waals surface area contributed by atoms with Crippen molar-refractivity contribution >= 4 is 21.8 Å². The summed E-state index contributed by atoms with van der Waals surface area (Å²) in [4.78, 5) is 12.4. The summed E-state index contributed by atoms with van der Waals surface area (Å²) in [6.45, 7) is 0.343. The molecule has 1 aromatic rings. The molecule has 1 aliphatic rings. The quantitative estimate of drug-likeness (QED) is 0.821. The van der Waals surface area contributed by atoms with Crippen LogP contribution < -0.4 is 4.74 Å². The third-order valence-corrected chi connectivity index (χ3v) is 4.14. The van der Waals surface area contributed by atoms with Gasteiger partial charge in [0, 0.05) is 13.1 Å². The Kier molecular flexibility index (Phi) is 5.27. The number of carboxylic acid groups (broad SMARTS) is 1. The minimum atomic E-state index is -3.60. The van der Waals surface area contributed by atoms with E-state index < -0.39 is 16.2 Å². The molecule has 7 nitrogen and oxygen atoms in total. The third kappa shape index (κ3) is 4.70. The van der Waals surface area contributed by atoms with Gasteiger partial charge in [-0.05, 0) is 35.3 Å². The molecule has 1 heterocycles. The van der Waals surface area contributed by atoms with Crippen LogP contribution in [0.1, 0.15) is 12.0 Å². The lowest BCUT2D eigenvalue weighted by molar-refractivity contribution is 0.147. The molecule has 1 N–H and O–H groups in total. The highest BCUT2D eigenvalue weighted by Crippen LogP contribution is 2.29. The Morgan fingerprint density at radius 2 is 1.96 bits per heavy atom. The first-order valence-electron chi connectivity index (χ1n) is 6.98. The normalized spacial score (nSPS) is 15.7. The SMILES string of the molecule is COc1ccc(C2=C(COS(C)(=O)=O)CN(C(=O)O)CC2)cc1. The minimum Gasteiger partial charge on any atom is -0.497 e. The van der Waals surface area contributed by atoms with Crippen LogP contribution >= 0.6 is 0 Å². The van der Waals surface area contributed by atoms with Crippen LogP contribution in [-0.4, -0.2) is 57.6 Å². The summed E-state index contributed by atoms with van der Waals surface area (Å²) in [5.41, 5.74) is 2.46. The van der Waals surface area contributed by atoms with E-state index in [1.54, 1.807) is 19.2 Å². The predicted octanol–water partition coefficient (Wildman–Crippen LogP) is 1.81. The van der Waals surface area contributed by atoms with Gasteiger partial charge < -0.3 is 14.7 Å². The van der Waals surface area contributed by atoms with E-state index in [2.05, 4.69) is 0 Å². The zero-order valence-corrected chi connectivity index (χ0v) is 13.8. The number of benzene rings is 1. The molecule has 0 aliphatic carbocycles. The molecule has 0 atom stereocenters. The van der Waals surface area contributed by atoms with Gasteiger partial charge in [-0.15, -0.1) is 0 Å². The minimum absolute atomic E-state index is 0.131. The summed E-state index contributed by atoms with van der Waals surface area (Å²) in [7, 11) is -2.02. The third-order valence-electron chi connectivity index (χ3n) is 3.60. The van der Waals surface area contributed by atoms with E-state index in [0.717, 1.165) is 17.4 Å². The number of carbonyl (C=O) groups is 1. The number of hydrogen-bond donors (Lipinski definition) is 1. The molecular formula is C15H19NO6S. The molecule has 0 saturated heterocycles. The van der Waals surface area contributed by atoms with Gasteiger partial charge in [0.2, 0.25) is 0 Å². The molecule has 0 bridgehead atoms. The standard InChI is InChI=1S/C15H19NO6S/c1-21-13-5-3-11(4-6-13)14-7-8-16(15(17)18)9-12(14)10-22-23(2,19)20/h3-6H,7-10H2,1-2H3,(H,17,18). The maximum Gasteiger partial charge on any atom is 0.407 e. The average molecular weight is 341 g/mol. The topological polar surface area (TPSA) is 93.1 Å². The van der Waals surface area contributed by atoms with Crippen molar-refractivity contribution in [1.82, 2.24) is 4.90 Å². The van der Waals surface area contributed by atoms with Crippen LogP contribution in [0.3, 0.4) is 0 Å². The van der Waals surface area contributed by atoms with Crippen LogP contribution in [0, 0.1) is 0 Å². The van der Waals surface area contributed by atoms with Gasteiger partial charge in [0.05, 0.1) is 20.0 Å². The van der Waals surface area contributed by atoms with Gasteiger partial charge >= 0.3 is 6.09 Å². The summed E-state index contributed by atoms with van der Waals surface area (Å²) in [5, 5.41) is 9.14. The van der Waals surface area contributed by atoms with E-state index in [1.165, 1.54) is 4.90 Å². The highest BCUT2D eigenvalue weighted by atomic mass is 32.2. The monoisotopic (exact) mass is 341 g/mol. The number of ether oxygens (including phenoxy) is 1. The van der Waals surface area contributed by atoms with Gasteiger partial charge in [0.25, 0.3) is 10.1 Å². The van der Waals surface area contributed by atoms with Gasteiger partial charge in [-0.3, -0.25) is 4.18 Å². The lowest BCUT2D eigenvalue weighted by Gasteiger charge is -2.29. The second kappa shape index (κ2) is 7.01. The van der Waals surface area contributed by atoms with Crippen molar-refractivity contribution < 1.29 is 27.2 Å². The zero-order chi connectivity index (χ0) is 17.0. The molecule has 0 fully saturated rings. The van der Waals surface area contributed by atoms with Crippen LogP contribution in [-0.2, 0) is 14.3 Å². The molecule has 126 valence electrons. The Hall–Kier alpha value is -2.06. The van der Waals surface area contributed by atoms with Crippen LogP contribution in [0.4, 0.5) is 4.79 Å². The Bertz CT molecular complexity index is 708. The number of nitrogens with zero attached hydrogens (tertiary/aromatic N) is 1. The molecule has 23 heavy (non-hydrogen) atoms. The summed E-state index contributed by atoms with van der Waals surface area (Å²) >= 11 is 0. The molecule has 1 aliphatic heterocycles. The lowest BCUT2D eigenvalue weighted by atomic mass is 9.94. The molecule has 0 aromatic heterocycles. The Balaban J connectivity index is 2.32. The maximum atomic E-state index is 11.2. The largest absolute Gasteiger partial charge is 0.497 e. The molecule has 0 unspecified atom stereocenters. The van der Waals surface area contributed by atoms with Crippen molar-refractivity contribution in [3.63, 3.8) is 0 Å². The fourth-order valence-corrected chi connectivity index (χ4v) is 2.80. The molecule has 8 heteroatoms. The van der Waals surface area contributed by atoms with Gasteiger partial charge in [0.15, 0.2) is 0 Å². The Labute approximate surface area is 135 Å². The van der Waals surface area contributed by atoms with Crippen molar-refractivity contribution in [3.05, 3.63) is 35.4 Å². The first kappa shape index (κ1) is 17.3. The van der Waals surface area contributed by atoms with E-state index in [0.29, 0.717) is 24.3 Å². The Morgan fingerprint density at radius 3 is 2.48 bits per heavy atom. The Morgan fingerprint density at radius 1 is 1.30 bits per heavy atom. The predicted molar refractivity (Wildman–Crippen MR) is 84.9 cm³/mol. The van der Waals surface area contributed by atoms with E-state index in [4.69, 9.17) is 14.0 Å². The van der Waals surface area contributed by atoms with Crippen LogP contribution in [0.15, 0.2) is 29.8 Å². The first-order chi connectivity index (χ1) is 10.8. The second-order valence-electron chi connectivity index (χ2n) is 5.23. The van der Waals surface area contributed by atoms with Crippen molar-refractivity contribution in [1.29, 1.82) is 0 Å². The fraction of sp³-hybridized carbons (Fsp3) is 0.400. The zero-order valence-electron chi connectivity index (χ0n) is 13.0. The fourth-order valence-electron chi connectivity index (χ4n) is 2.44. The van der Waals surface area contributed by atoms with E-state index in [1.807, 2.05) is 12.1 Å². The van der Waals surface area contributed by atoms with Crippen molar-refractivity contribution in [2.75, 3.05) is 33.1 Å². The van der Waals surface area contributed by atoms with Crippen molar-refractivity contribution in [2.24, 2.45) is 0 Å². The van der Waals surface area contributed by atoms with Crippen molar-refractivity contribution in [2.45, 2.75) is 6.42 Å². The molecule has 0 spiro atoms. The summed E-state index contributed by atoms with van der Waals surface area (Å²) in [5.74, 6) is 0.714. The summed E-state index contributed by atoms with van der Waals surface area (Å²) in [6.07, 6.45) is 0.440. The van der Waals surface area contributed by atoms with Crippen molar-refractivity contribution in [3.8, 4) is 5.75 Å². The maximum absolute atomic E-state index is 11.2. The van der Waals surface area contributed by atoms with Gasteiger partial charge in [-0.1, -0.05) is 12.1 Å². The summed E-state index contributed by atoms with van der Waals surface area (Å²) in [6, 6.07) is 7.35. The van der Waals surface area contributed by atoms with E-state index in [-0.39, 0.29) is 13.2 Å². The molecule has 2 rings (SSSR count). The highest BCUT2D eigenvalue weighted by Gasteiger charge is 2.24. The van der Waals surface area contributed by atoms with E-state index in [9.17, 15) is 13.2 Å². The second-order valence-corrected chi connectivity index (χ2v) is 6.88. The van der Waals surface area contributed by atoms with Gasteiger partial charge in [0.1, 0.15) is 5.75 Å². The molecule has 0 radical (unpaired) electrons. The number of methoxy groups -OCH3 is 1. The van der Waals surface area contributed by atoms with Crippen LogP contribution in [0.2, 0.25) is 0 Å². The molecule has 0 saturated carbocycles.